The Labute approximate surface area is 112 Å². The molecule has 2 rings (SSSR count). The Balaban J connectivity index is 1.77. The maximum absolute atomic E-state index is 5.69. The monoisotopic (exact) mass is 242 g/mol. The van der Waals surface area contributed by atoms with Crippen LogP contribution in [-0.2, 0) is 6.54 Å². The van der Waals surface area contributed by atoms with Crippen molar-refractivity contribution in [3.63, 3.8) is 0 Å². The third-order valence-electron chi connectivity index (χ3n) is 4.36. The first-order valence-electron chi connectivity index (χ1n) is 7.03. The van der Waals surface area contributed by atoms with Gasteiger partial charge in [-0.2, -0.15) is 0 Å². The molecule has 96 valence electrons. The first-order chi connectivity index (χ1) is 8.78. The van der Waals surface area contributed by atoms with Gasteiger partial charge in [0.25, 0.3) is 0 Å². The third kappa shape index (κ3) is 3.36. The van der Waals surface area contributed by atoms with Gasteiger partial charge in [0.2, 0.25) is 0 Å². The maximum Gasteiger partial charge on any atom is 0.178 e. The van der Waals surface area contributed by atoms with Crippen LogP contribution in [0.4, 0.5) is 0 Å². The SMILES string of the molecule is [B]NC1(CC)CCC(NCc2ccccc2)CC1. The summed E-state index contributed by atoms with van der Waals surface area (Å²) < 4.78 is 0. The minimum absolute atomic E-state index is 0.185. The van der Waals surface area contributed by atoms with Crippen LogP contribution < -0.4 is 10.5 Å². The Kier molecular flexibility index (Phi) is 4.84. The Bertz CT molecular complexity index is 339. The summed E-state index contributed by atoms with van der Waals surface area (Å²) >= 11 is 0. The largest absolute Gasteiger partial charge is 0.361 e. The predicted molar refractivity (Wildman–Crippen MR) is 77.4 cm³/mol. The van der Waals surface area contributed by atoms with Gasteiger partial charge in [0.15, 0.2) is 7.98 Å². The van der Waals surface area contributed by atoms with E-state index in [1.807, 2.05) is 0 Å². The number of hydrogen-bond donors (Lipinski definition) is 2. The summed E-state index contributed by atoms with van der Waals surface area (Å²) in [5.74, 6) is 0. The van der Waals surface area contributed by atoms with E-state index in [0.29, 0.717) is 6.04 Å². The third-order valence-corrected chi connectivity index (χ3v) is 4.36. The van der Waals surface area contributed by atoms with Crippen LogP contribution in [0.3, 0.4) is 0 Å². The van der Waals surface area contributed by atoms with Gasteiger partial charge >= 0.3 is 0 Å². The number of nitrogens with one attached hydrogen (secondary N) is 2. The van der Waals surface area contributed by atoms with Crippen LogP contribution in [0.15, 0.2) is 30.3 Å². The first-order valence-corrected chi connectivity index (χ1v) is 7.03. The van der Waals surface area contributed by atoms with Crippen molar-refractivity contribution in [2.24, 2.45) is 0 Å². The lowest BCUT2D eigenvalue weighted by atomic mass is 9.76. The van der Waals surface area contributed by atoms with E-state index in [4.69, 9.17) is 7.98 Å². The molecule has 0 aliphatic heterocycles. The molecule has 1 aliphatic rings. The lowest BCUT2D eigenvalue weighted by molar-refractivity contribution is 0.224. The highest BCUT2D eigenvalue weighted by Gasteiger charge is 2.31. The molecule has 0 saturated heterocycles. The van der Waals surface area contributed by atoms with Gasteiger partial charge in [-0.3, -0.25) is 0 Å². The van der Waals surface area contributed by atoms with Crippen LogP contribution in [0.5, 0.6) is 0 Å². The van der Waals surface area contributed by atoms with Gasteiger partial charge in [-0.1, -0.05) is 37.3 Å². The zero-order valence-electron chi connectivity index (χ0n) is 11.3. The van der Waals surface area contributed by atoms with Crippen molar-refractivity contribution in [3.05, 3.63) is 35.9 Å². The second kappa shape index (κ2) is 6.39. The summed E-state index contributed by atoms with van der Waals surface area (Å²) in [6.45, 7) is 3.19. The second-order valence-corrected chi connectivity index (χ2v) is 5.42. The fourth-order valence-electron chi connectivity index (χ4n) is 2.83. The van der Waals surface area contributed by atoms with Gasteiger partial charge in [0.1, 0.15) is 0 Å². The van der Waals surface area contributed by atoms with Crippen molar-refractivity contribution >= 4 is 7.98 Å². The van der Waals surface area contributed by atoms with Crippen LogP contribution in [0, 0.1) is 0 Å². The molecule has 0 heterocycles. The van der Waals surface area contributed by atoms with E-state index in [1.54, 1.807) is 0 Å². The lowest BCUT2D eigenvalue weighted by Gasteiger charge is -2.40. The Morgan fingerprint density at radius 2 is 1.89 bits per heavy atom. The van der Waals surface area contributed by atoms with Crippen LogP contribution in [0.1, 0.15) is 44.6 Å². The molecule has 18 heavy (non-hydrogen) atoms. The van der Waals surface area contributed by atoms with Gasteiger partial charge in [-0.25, -0.2) is 0 Å². The topological polar surface area (TPSA) is 24.1 Å². The van der Waals surface area contributed by atoms with Gasteiger partial charge in [0, 0.05) is 18.1 Å². The quantitative estimate of drug-likeness (QED) is 0.775. The summed E-state index contributed by atoms with van der Waals surface area (Å²) in [5, 5.41) is 6.69. The highest BCUT2D eigenvalue weighted by Crippen LogP contribution is 2.30. The van der Waals surface area contributed by atoms with Gasteiger partial charge in [-0.15, -0.1) is 0 Å². The molecule has 0 amide bonds. The fourth-order valence-corrected chi connectivity index (χ4v) is 2.83. The summed E-state index contributed by atoms with van der Waals surface area (Å²) in [7, 11) is 5.69. The molecule has 0 aromatic heterocycles. The predicted octanol–water partition coefficient (Wildman–Crippen LogP) is 2.54. The molecule has 1 fully saturated rings. The molecule has 0 spiro atoms. The molecule has 3 heteroatoms. The van der Waals surface area contributed by atoms with E-state index in [-0.39, 0.29) is 5.54 Å². The van der Waals surface area contributed by atoms with Gasteiger partial charge in [-0.05, 0) is 37.7 Å². The zero-order chi connectivity index (χ0) is 12.8. The zero-order valence-corrected chi connectivity index (χ0v) is 11.3. The Morgan fingerprint density at radius 3 is 2.44 bits per heavy atom. The van der Waals surface area contributed by atoms with Crippen LogP contribution >= 0.6 is 0 Å². The molecule has 2 radical (unpaired) electrons. The van der Waals surface area contributed by atoms with Gasteiger partial charge in [0.05, 0.1) is 0 Å². The summed E-state index contributed by atoms with van der Waals surface area (Å²) in [6.07, 6.45) is 5.89. The molecule has 2 nitrogen and oxygen atoms in total. The summed E-state index contributed by atoms with van der Waals surface area (Å²) in [5.41, 5.74) is 1.55. The minimum Gasteiger partial charge on any atom is -0.361 e. The molecule has 1 aliphatic carbocycles. The molecule has 1 aromatic carbocycles. The highest BCUT2D eigenvalue weighted by atomic mass is 14.9. The normalized spacial score (nSPS) is 28.2. The standard InChI is InChI=1S/C15H23BN2/c1-2-15(18-16)10-8-14(9-11-15)17-12-13-6-4-3-5-7-13/h3-7,14,17-18H,2,8-12H2,1H3. The smallest absolute Gasteiger partial charge is 0.178 e. The molecular formula is C15H23BN2. The second-order valence-electron chi connectivity index (χ2n) is 5.42. The molecule has 1 aromatic rings. The molecule has 0 atom stereocenters. The van der Waals surface area contributed by atoms with Crippen molar-refractivity contribution in [1.82, 2.24) is 10.5 Å². The number of benzene rings is 1. The van der Waals surface area contributed by atoms with Crippen molar-refractivity contribution < 1.29 is 0 Å². The van der Waals surface area contributed by atoms with Crippen LogP contribution in [-0.4, -0.2) is 19.6 Å². The molecule has 0 bridgehead atoms. The van der Waals surface area contributed by atoms with E-state index in [0.717, 1.165) is 13.0 Å². The van der Waals surface area contributed by atoms with Gasteiger partial charge < -0.3 is 10.5 Å². The fraction of sp³-hybridized carbons (Fsp3) is 0.600. The number of hydrogen-bond acceptors (Lipinski definition) is 2. The van der Waals surface area contributed by atoms with E-state index >= 15 is 0 Å². The molecule has 0 unspecified atom stereocenters. The Morgan fingerprint density at radius 1 is 1.22 bits per heavy atom. The molecule has 2 N–H and O–H groups in total. The average molecular weight is 242 g/mol. The average Bonchev–Trinajstić information content (AvgIpc) is 2.47. The van der Waals surface area contributed by atoms with Crippen molar-refractivity contribution in [2.75, 3.05) is 0 Å². The molecule has 1 saturated carbocycles. The van der Waals surface area contributed by atoms with Crippen molar-refractivity contribution in [1.29, 1.82) is 0 Å². The van der Waals surface area contributed by atoms with E-state index in [2.05, 4.69) is 47.8 Å². The lowest BCUT2D eigenvalue weighted by Crippen LogP contribution is -2.49. The van der Waals surface area contributed by atoms with Crippen molar-refractivity contribution in [2.45, 2.75) is 57.2 Å². The van der Waals surface area contributed by atoms with E-state index in [1.165, 1.54) is 31.2 Å². The number of rotatable bonds is 5. The van der Waals surface area contributed by atoms with Crippen LogP contribution in [0.25, 0.3) is 0 Å². The highest BCUT2D eigenvalue weighted by molar-refractivity contribution is 6.04. The first kappa shape index (κ1) is 13.6. The van der Waals surface area contributed by atoms with E-state index < -0.39 is 0 Å². The van der Waals surface area contributed by atoms with Crippen LogP contribution in [0.2, 0.25) is 0 Å². The van der Waals surface area contributed by atoms with Crippen molar-refractivity contribution in [3.8, 4) is 0 Å². The van der Waals surface area contributed by atoms with E-state index in [9.17, 15) is 0 Å². The molecular weight excluding hydrogens is 219 g/mol. The Hall–Kier alpha value is -0.795. The summed E-state index contributed by atoms with van der Waals surface area (Å²) in [6, 6.07) is 11.2. The maximum atomic E-state index is 5.69. The summed E-state index contributed by atoms with van der Waals surface area (Å²) in [4.78, 5) is 0. The minimum atomic E-state index is 0.185.